The lowest BCUT2D eigenvalue weighted by Crippen LogP contribution is -2.40. The second kappa shape index (κ2) is 9.62. The van der Waals surface area contributed by atoms with Crippen LogP contribution in [-0.2, 0) is 13.0 Å². The fourth-order valence-electron chi connectivity index (χ4n) is 3.85. The van der Waals surface area contributed by atoms with Crippen molar-refractivity contribution in [2.75, 3.05) is 26.2 Å². The topological polar surface area (TPSA) is 54.2 Å². The van der Waals surface area contributed by atoms with Crippen molar-refractivity contribution in [1.29, 1.82) is 0 Å². The molecule has 0 saturated carbocycles. The van der Waals surface area contributed by atoms with Crippen LogP contribution in [0, 0.1) is 5.92 Å². The molecule has 1 aliphatic heterocycles. The fraction of sp³-hybridized carbons (Fsp3) is 0.391. The van der Waals surface area contributed by atoms with Crippen molar-refractivity contribution in [3.05, 3.63) is 72.2 Å². The van der Waals surface area contributed by atoms with Crippen LogP contribution < -0.4 is 5.32 Å². The predicted octanol–water partition coefficient (Wildman–Crippen LogP) is 3.78. The fourth-order valence-corrected chi connectivity index (χ4v) is 3.85. The highest BCUT2D eigenvalue weighted by Crippen LogP contribution is 2.17. The van der Waals surface area contributed by atoms with E-state index in [9.17, 15) is 0 Å². The number of nitrogens with one attached hydrogen (secondary N) is 1. The summed E-state index contributed by atoms with van der Waals surface area (Å²) >= 11 is 0. The Morgan fingerprint density at radius 3 is 2.68 bits per heavy atom. The quantitative estimate of drug-likeness (QED) is 0.648. The molecule has 1 aromatic carbocycles. The summed E-state index contributed by atoms with van der Waals surface area (Å²) in [5.74, 6) is 2.06. The van der Waals surface area contributed by atoms with E-state index in [4.69, 9.17) is 4.42 Å². The number of benzene rings is 1. The lowest BCUT2D eigenvalue weighted by atomic mass is 9.97. The smallest absolute Gasteiger partial charge is 0.195 e. The first-order valence-electron chi connectivity index (χ1n) is 10.2. The van der Waals surface area contributed by atoms with Crippen LogP contribution in [0.15, 0.2) is 65.5 Å². The molecule has 4 rings (SSSR count). The molecule has 146 valence electrons. The molecule has 1 N–H and O–H groups in total. The highest BCUT2D eigenvalue weighted by Gasteiger charge is 2.19. The molecule has 1 atom stereocenters. The van der Waals surface area contributed by atoms with Gasteiger partial charge >= 0.3 is 0 Å². The summed E-state index contributed by atoms with van der Waals surface area (Å²) < 4.78 is 5.33. The summed E-state index contributed by atoms with van der Waals surface area (Å²) in [6.07, 6.45) is 9.14. The van der Waals surface area contributed by atoms with Gasteiger partial charge < -0.3 is 14.6 Å². The third kappa shape index (κ3) is 5.27. The van der Waals surface area contributed by atoms with E-state index in [1.54, 1.807) is 6.26 Å². The monoisotopic (exact) mass is 376 g/mol. The van der Waals surface area contributed by atoms with Gasteiger partial charge in [-0.05, 0) is 56.0 Å². The number of hydrogen-bond acceptors (Lipinski definition) is 5. The van der Waals surface area contributed by atoms with Gasteiger partial charge in [0.2, 0.25) is 0 Å². The second-order valence-corrected chi connectivity index (χ2v) is 7.57. The van der Waals surface area contributed by atoms with E-state index in [-0.39, 0.29) is 0 Å². The molecule has 1 fully saturated rings. The van der Waals surface area contributed by atoms with Gasteiger partial charge in [-0.15, -0.1) is 0 Å². The third-order valence-corrected chi connectivity index (χ3v) is 5.37. The van der Waals surface area contributed by atoms with Crippen LogP contribution in [-0.4, -0.2) is 41.0 Å². The van der Waals surface area contributed by atoms with E-state index >= 15 is 0 Å². The lowest BCUT2D eigenvalue weighted by Gasteiger charge is -2.33. The minimum absolute atomic E-state index is 0.634. The predicted molar refractivity (Wildman–Crippen MR) is 111 cm³/mol. The zero-order chi connectivity index (χ0) is 19.0. The number of piperidine rings is 1. The van der Waals surface area contributed by atoms with Crippen LogP contribution in [0.5, 0.6) is 0 Å². The highest BCUT2D eigenvalue weighted by atomic mass is 16.3. The molecule has 5 heteroatoms. The molecule has 3 heterocycles. The SMILES string of the molecule is c1ccc(CCN2CCCC(CNCc3cnc(-c4ccco4)nc3)C2)cc1. The first-order chi connectivity index (χ1) is 13.9. The second-order valence-electron chi connectivity index (χ2n) is 7.57. The van der Waals surface area contributed by atoms with Gasteiger partial charge in [0.05, 0.1) is 6.26 Å². The maximum Gasteiger partial charge on any atom is 0.195 e. The summed E-state index contributed by atoms with van der Waals surface area (Å²) in [6.45, 7) is 5.42. The largest absolute Gasteiger partial charge is 0.461 e. The molecule has 0 bridgehead atoms. The number of hydrogen-bond donors (Lipinski definition) is 1. The van der Waals surface area contributed by atoms with Gasteiger partial charge in [-0.2, -0.15) is 0 Å². The van der Waals surface area contributed by atoms with Gasteiger partial charge in [0.1, 0.15) is 0 Å². The van der Waals surface area contributed by atoms with E-state index in [1.165, 1.54) is 31.5 Å². The van der Waals surface area contributed by atoms with Crippen molar-refractivity contribution in [3.63, 3.8) is 0 Å². The number of likely N-dealkylation sites (tertiary alicyclic amines) is 1. The molecule has 28 heavy (non-hydrogen) atoms. The van der Waals surface area contributed by atoms with E-state index in [0.29, 0.717) is 17.5 Å². The number of aromatic nitrogens is 2. The first kappa shape index (κ1) is 18.8. The van der Waals surface area contributed by atoms with Gasteiger partial charge in [0.25, 0.3) is 0 Å². The summed E-state index contributed by atoms with van der Waals surface area (Å²) in [7, 11) is 0. The van der Waals surface area contributed by atoms with Crippen LogP contribution in [0.4, 0.5) is 0 Å². The van der Waals surface area contributed by atoms with Crippen molar-refractivity contribution in [2.45, 2.75) is 25.8 Å². The molecular weight excluding hydrogens is 348 g/mol. The Kier molecular flexibility index (Phi) is 6.48. The molecule has 3 aromatic rings. The minimum atomic E-state index is 0.634. The van der Waals surface area contributed by atoms with E-state index in [2.05, 4.69) is 50.5 Å². The van der Waals surface area contributed by atoms with Crippen molar-refractivity contribution in [1.82, 2.24) is 20.2 Å². The maximum atomic E-state index is 5.33. The Balaban J connectivity index is 1.19. The molecule has 0 amide bonds. The number of rotatable bonds is 8. The van der Waals surface area contributed by atoms with Gasteiger partial charge in [-0.25, -0.2) is 9.97 Å². The van der Waals surface area contributed by atoms with Crippen LogP contribution in [0.2, 0.25) is 0 Å². The Labute approximate surface area is 166 Å². The Bertz CT molecular complexity index is 818. The van der Waals surface area contributed by atoms with Gasteiger partial charge in [-0.3, -0.25) is 0 Å². The van der Waals surface area contributed by atoms with Crippen molar-refractivity contribution < 1.29 is 4.42 Å². The molecule has 1 aliphatic rings. The van der Waals surface area contributed by atoms with E-state index < -0.39 is 0 Å². The molecule has 5 nitrogen and oxygen atoms in total. The van der Waals surface area contributed by atoms with E-state index in [0.717, 1.165) is 31.6 Å². The van der Waals surface area contributed by atoms with Crippen LogP contribution in [0.1, 0.15) is 24.0 Å². The standard InChI is InChI=1S/C23H28N4O/c1-2-6-19(7-3-1)10-12-27-11-4-8-20(18-27)14-24-15-21-16-25-23(26-17-21)22-9-5-13-28-22/h1-3,5-7,9,13,16-17,20,24H,4,8,10-12,14-15,18H2. The van der Waals surface area contributed by atoms with E-state index in [1.807, 2.05) is 24.5 Å². The molecule has 0 aliphatic carbocycles. The van der Waals surface area contributed by atoms with Gasteiger partial charge in [0, 0.05) is 37.6 Å². The average molecular weight is 377 g/mol. The lowest BCUT2D eigenvalue weighted by molar-refractivity contribution is 0.174. The Hall–Kier alpha value is -2.50. The molecule has 1 unspecified atom stereocenters. The minimum Gasteiger partial charge on any atom is -0.461 e. The zero-order valence-electron chi connectivity index (χ0n) is 16.3. The summed E-state index contributed by atoms with van der Waals surface area (Å²) in [5.41, 5.74) is 2.53. The Morgan fingerprint density at radius 2 is 1.89 bits per heavy atom. The molecule has 0 spiro atoms. The van der Waals surface area contributed by atoms with Crippen molar-refractivity contribution in [3.8, 4) is 11.6 Å². The van der Waals surface area contributed by atoms with Crippen LogP contribution in [0.3, 0.4) is 0 Å². The first-order valence-corrected chi connectivity index (χ1v) is 10.2. The van der Waals surface area contributed by atoms with Gasteiger partial charge in [0.15, 0.2) is 11.6 Å². The van der Waals surface area contributed by atoms with Crippen molar-refractivity contribution in [2.24, 2.45) is 5.92 Å². The Morgan fingerprint density at radius 1 is 1.04 bits per heavy atom. The van der Waals surface area contributed by atoms with Gasteiger partial charge in [-0.1, -0.05) is 30.3 Å². The number of furan rings is 1. The molecule has 0 radical (unpaired) electrons. The number of nitrogens with zero attached hydrogens (tertiary/aromatic N) is 3. The summed E-state index contributed by atoms with van der Waals surface area (Å²) in [6, 6.07) is 14.5. The average Bonchev–Trinajstić information content (AvgIpc) is 3.29. The molecular formula is C23H28N4O. The van der Waals surface area contributed by atoms with Crippen molar-refractivity contribution >= 4 is 0 Å². The molecule has 2 aromatic heterocycles. The van der Waals surface area contributed by atoms with Crippen LogP contribution in [0.25, 0.3) is 11.6 Å². The summed E-state index contributed by atoms with van der Waals surface area (Å²) in [5, 5.41) is 3.59. The maximum absolute atomic E-state index is 5.33. The third-order valence-electron chi connectivity index (χ3n) is 5.37. The van der Waals surface area contributed by atoms with Crippen LogP contribution >= 0.6 is 0 Å². The zero-order valence-corrected chi connectivity index (χ0v) is 16.3. The normalized spacial score (nSPS) is 17.6. The highest BCUT2D eigenvalue weighted by molar-refractivity contribution is 5.45. The summed E-state index contributed by atoms with van der Waals surface area (Å²) in [4.78, 5) is 11.4. The molecule has 1 saturated heterocycles.